The Morgan fingerprint density at radius 3 is 3.00 bits per heavy atom. The summed E-state index contributed by atoms with van der Waals surface area (Å²) in [4.78, 5) is 12.9. The highest BCUT2D eigenvalue weighted by atomic mass is 127. The SMILES string of the molecule is [N-]=[N+]=NCCOC(=O)CI. The van der Waals surface area contributed by atoms with Gasteiger partial charge in [-0.15, -0.1) is 0 Å². The number of carbonyl (C=O) groups excluding carboxylic acids is 1. The van der Waals surface area contributed by atoms with Crippen LogP contribution in [0.1, 0.15) is 0 Å². The van der Waals surface area contributed by atoms with Crippen LogP contribution < -0.4 is 0 Å². The zero-order valence-electron chi connectivity index (χ0n) is 5.16. The number of azide groups is 1. The van der Waals surface area contributed by atoms with E-state index in [-0.39, 0.29) is 19.1 Å². The molecule has 0 aromatic heterocycles. The molecule has 0 fully saturated rings. The van der Waals surface area contributed by atoms with Crippen molar-refractivity contribution in [3.05, 3.63) is 10.4 Å². The van der Waals surface area contributed by atoms with Gasteiger partial charge in [-0.1, -0.05) is 27.7 Å². The summed E-state index contributed by atoms with van der Waals surface area (Å²) in [7, 11) is 0. The summed E-state index contributed by atoms with van der Waals surface area (Å²) in [6.07, 6.45) is 0. The van der Waals surface area contributed by atoms with Crippen LogP contribution in [0.3, 0.4) is 0 Å². The molecule has 0 spiro atoms. The van der Waals surface area contributed by atoms with Crippen LogP contribution in [0.25, 0.3) is 10.4 Å². The van der Waals surface area contributed by atoms with E-state index in [4.69, 9.17) is 5.53 Å². The monoisotopic (exact) mass is 255 g/mol. The summed E-state index contributed by atoms with van der Waals surface area (Å²) < 4.78 is 4.91. The van der Waals surface area contributed by atoms with Gasteiger partial charge in [0, 0.05) is 4.91 Å². The number of nitrogens with zero attached hydrogens (tertiary/aromatic N) is 3. The zero-order valence-corrected chi connectivity index (χ0v) is 7.31. The molecule has 0 aromatic rings. The number of esters is 1. The lowest BCUT2D eigenvalue weighted by atomic mass is 10.7. The molecule has 0 radical (unpaired) electrons. The molecule has 0 saturated heterocycles. The Labute approximate surface area is 71.5 Å². The number of alkyl halides is 1. The summed E-state index contributed by atoms with van der Waals surface area (Å²) in [6, 6.07) is 0. The first-order valence-corrected chi connectivity index (χ1v) is 4.06. The number of ether oxygens (including phenoxy) is 1. The third kappa shape index (κ3) is 5.64. The molecule has 56 valence electrons. The normalized spacial score (nSPS) is 8.10. The summed E-state index contributed by atoms with van der Waals surface area (Å²) in [5.74, 6) is -0.284. The topological polar surface area (TPSA) is 75.1 Å². The Balaban J connectivity index is 3.19. The van der Waals surface area contributed by atoms with Gasteiger partial charge in [0.1, 0.15) is 0 Å². The maximum Gasteiger partial charge on any atom is 0.315 e. The maximum absolute atomic E-state index is 10.4. The molecule has 0 N–H and O–H groups in total. The highest BCUT2D eigenvalue weighted by Crippen LogP contribution is 1.85. The van der Waals surface area contributed by atoms with E-state index >= 15 is 0 Å². The quantitative estimate of drug-likeness (QED) is 0.144. The Kier molecular flexibility index (Phi) is 6.30. The van der Waals surface area contributed by atoms with E-state index in [0.29, 0.717) is 4.43 Å². The number of carbonyl (C=O) groups is 1. The summed E-state index contributed by atoms with van der Waals surface area (Å²) >= 11 is 1.90. The van der Waals surface area contributed by atoms with E-state index in [1.165, 1.54) is 0 Å². The molecule has 0 bridgehead atoms. The minimum atomic E-state index is -0.284. The standard InChI is InChI=1S/C4H6IN3O2/c5-3-4(9)10-2-1-7-8-6/h1-3H2. The van der Waals surface area contributed by atoms with E-state index in [1.807, 2.05) is 22.6 Å². The Morgan fingerprint density at radius 1 is 1.80 bits per heavy atom. The third-order valence-corrected chi connectivity index (χ3v) is 1.25. The lowest BCUT2D eigenvalue weighted by Crippen LogP contribution is -2.07. The summed E-state index contributed by atoms with van der Waals surface area (Å²) in [5, 5.41) is 3.18. The van der Waals surface area contributed by atoms with Gasteiger partial charge in [-0.3, -0.25) is 4.79 Å². The molecule has 0 unspecified atom stereocenters. The smallest absolute Gasteiger partial charge is 0.315 e. The van der Waals surface area contributed by atoms with Gasteiger partial charge in [-0.25, -0.2) is 0 Å². The molecule has 10 heavy (non-hydrogen) atoms. The third-order valence-electron chi connectivity index (χ3n) is 0.627. The number of hydrogen-bond acceptors (Lipinski definition) is 3. The summed E-state index contributed by atoms with van der Waals surface area (Å²) in [5.41, 5.74) is 7.81. The van der Waals surface area contributed by atoms with E-state index in [1.54, 1.807) is 0 Å². The Morgan fingerprint density at radius 2 is 2.50 bits per heavy atom. The van der Waals surface area contributed by atoms with Crippen LogP contribution in [0.15, 0.2) is 5.11 Å². The van der Waals surface area contributed by atoms with Gasteiger partial charge >= 0.3 is 5.97 Å². The predicted octanol–water partition coefficient (Wildman–Crippen LogP) is 1.27. The van der Waals surface area contributed by atoms with Crippen LogP contribution in [-0.4, -0.2) is 23.5 Å². The average molecular weight is 255 g/mol. The zero-order chi connectivity index (χ0) is 7.82. The fraction of sp³-hybridized carbons (Fsp3) is 0.750. The first-order valence-electron chi connectivity index (χ1n) is 2.53. The van der Waals surface area contributed by atoms with Crippen LogP contribution >= 0.6 is 22.6 Å². The fourth-order valence-corrected chi connectivity index (χ4v) is 0.504. The molecule has 0 saturated carbocycles. The number of halogens is 1. The fourth-order valence-electron chi connectivity index (χ4n) is 0.284. The molecule has 0 atom stereocenters. The second kappa shape index (κ2) is 6.63. The molecule has 0 aliphatic carbocycles. The van der Waals surface area contributed by atoms with Gasteiger partial charge in [0.2, 0.25) is 0 Å². The molecule has 0 aliphatic rings. The van der Waals surface area contributed by atoms with E-state index < -0.39 is 0 Å². The lowest BCUT2D eigenvalue weighted by Gasteiger charge is -1.96. The van der Waals surface area contributed by atoms with Gasteiger partial charge in [0.15, 0.2) is 0 Å². The van der Waals surface area contributed by atoms with Crippen molar-refractivity contribution >= 4 is 28.6 Å². The van der Waals surface area contributed by atoms with Gasteiger partial charge in [-0.05, 0) is 5.53 Å². The van der Waals surface area contributed by atoms with Gasteiger partial charge < -0.3 is 4.74 Å². The summed E-state index contributed by atoms with van der Waals surface area (Å²) in [6.45, 7) is 0.380. The predicted molar refractivity (Wildman–Crippen MR) is 43.9 cm³/mol. The lowest BCUT2D eigenvalue weighted by molar-refractivity contribution is -0.139. The second-order valence-electron chi connectivity index (χ2n) is 1.31. The molecule has 0 amide bonds. The van der Waals surface area contributed by atoms with Crippen molar-refractivity contribution in [3.63, 3.8) is 0 Å². The van der Waals surface area contributed by atoms with Crippen LogP contribution in [0.4, 0.5) is 0 Å². The Hall–Kier alpha value is -0.490. The van der Waals surface area contributed by atoms with E-state index in [9.17, 15) is 4.79 Å². The van der Waals surface area contributed by atoms with Crippen molar-refractivity contribution in [2.24, 2.45) is 5.11 Å². The molecule has 0 aromatic carbocycles. The first kappa shape index (κ1) is 9.51. The molecule has 6 heteroatoms. The minimum absolute atomic E-state index is 0.173. The number of rotatable bonds is 4. The van der Waals surface area contributed by atoms with Crippen LogP contribution in [0.5, 0.6) is 0 Å². The largest absolute Gasteiger partial charge is 0.465 e. The molecular formula is C4H6IN3O2. The van der Waals surface area contributed by atoms with Gasteiger partial charge in [0.05, 0.1) is 17.6 Å². The average Bonchev–Trinajstić information content (AvgIpc) is 1.98. The van der Waals surface area contributed by atoms with Crippen molar-refractivity contribution in [1.29, 1.82) is 0 Å². The van der Waals surface area contributed by atoms with Crippen molar-refractivity contribution in [2.75, 3.05) is 17.6 Å². The van der Waals surface area contributed by atoms with Crippen LogP contribution in [-0.2, 0) is 9.53 Å². The molecule has 5 nitrogen and oxygen atoms in total. The van der Waals surface area contributed by atoms with Crippen molar-refractivity contribution in [1.82, 2.24) is 0 Å². The maximum atomic E-state index is 10.4. The van der Waals surface area contributed by atoms with Crippen molar-refractivity contribution in [3.8, 4) is 0 Å². The van der Waals surface area contributed by atoms with Crippen LogP contribution in [0.2, 0.25) is 0 Å². The van der Waals surface area contributed by atoms with Crippen LogP contribution in [0, 0.1) is 0 Å². The van der Waals surface area contributed by atoms with E-state index in [0.717, 1.165) is 0 Å². The second-order valence-corrected chi connectivity index (χ2v) is 2.07. The Bertz CT molecular complexity index is 155. The van der Waals surface area contributed by atoms with Gasteiger partial charge in [0.25, 0.3) is 0 Å². The van der Waals surface area contributed by atoms with Crippen molar-refractivity contribution < 1.29 is 9.53 Å². The highest BCUT2D eigenvalue weighted by molar-refractivity contribution is 14.1. The minimum Gasteiger partial charge on any atom is -0.465 e. The molecule has 0 aliphatic heterocycles. The number of hydrogen-bond donors (Lipinski definition) is 0. The molecular weight excluding hydrogens is 249 g/mol. The van der Waals surface area contributed by atoms with Gasteiger partial charge in [-0.2, -0.15) is 0 Å². The molecule has 0 rings (SSSR count). The van der Waals surface area contributed by atoms with Crippen molar-refractivity contribution in [2.45, 2.75) is 0 Å². The molecule has 0 heterocycles. The highest BCUT2D eigenvalue weighted by Gasteiger charge is 1.95. The van der Waals surface area contributed by atoms with E-state index in [2.05, 4.69) is 14.8 Å². The first-order chi connectivity index (χ1) is 4.81.